The number of guanidine groups is 1. The third kappa shape index (κ3) is 9.08. The van der Waals surface area contributed by atoms with Crippen molar-refractivity contribution in [2.45, 2.75) is 46.1 Å². The molecule has 0 aliphatic carbocycles. The predicted octanol–water partition coefficient (Wildman–Crippen LogP) is 4.37. The molecule has 2 unspecified atom stereocenters. The molecule has 138 valence electrons. The smallest absolute Gasteiger partial charge is 0.191 e. The van der Waals surface area contributed by atoms with E-state index < -0.39 is 0 Å². The van der Waals surface area contributed by atoms with Crippen LogP contribution in [0.4, 0.5) is 0 Å². The summed E-state index contributed by atoms with van der Waals surface area (Å²) in [4.78, 5) is 4.69. The Hall–Kier alpha value is -0.530. The maximum atomic E-state index is 9.16. The SMILES string of the molecule is CCCC(CCO)CN=C(NCC)NC(C)c1cccc(Cl)c1.I. The van der Waals surface area contributed by atoms with Gasteiger partial charge in [0.05, 0.1) is 6.04 Å². The van der Waals surface area contributed by atoms with Gasteiger partial charge in [-0.3, -0.25) is 4.99 Å². The summed E-state index contributed by atoms with van der Waals surface area (Å²) in [6.45, 7) is 8.08. The van der Waals surface area contributed by atoms with Crippen molar-refractivity contribution >= 4 is 41.5 Å². The number of aliphatic hydroxyl groups excluding tert-OH is 1. The highest BCUT2D eigenvalue weighted by molar-refractivity contribution is 14.0. The van der Waals surface area contributed by atoms with Crippen LogP contribution in [-0.4, -0.2) is 30.8 Å². The molecule has 0 saturated carbocycles. The van der Waals surface area contributed by atoms with E-state index in [9.17, 15) is 0 Å². The van der Waals surface area contributed by atoms with Gasteiger partial charge in [0.15, 0.2) is 5.96 Å². The van der Waals surface area contributed by atoms with E-state index >= 15 is 0 Å². The predicted molar refractivity (Wildman–Crippen MR) is 114 cm³/mol. The Morgan fingerprint density at radius 2 is 2.04 bits per heavy atom. The molecule has 0 aliphatic heterocycles. The van der Waals surface area contributed by atoms with Crippen molar-refractivity contribution in [2.75, 3.05) is 19.7 Å². The fourth-order valence-corrected chi connectivity index (χ4v) is 2.72. The quantitative estimate of drug-likeness (QED) is 0.287. The molecule has 0 heterocycles. The topological polar surface area (TPSA) is 56.7 Å². The molecule has 0 amide bonds. The lowest BCUT2D eigenvalue weighted by Crippen LogP contribution is -2.39. The molecule has 2 atom stereocenters. The Bertz CT molecular complexity index is 479. The van der Waals surface area contributed by atoms with Crippen molar-refractivity contribution in [1.82, 2.24) is 10.6 Å². The van der Waals surface area contributed by atoms with E-state index in [1.807, 2.05) is 18.2 Å². The van der Waals surface area contributed by atoms with Crippen LogP contribution < -0.4 is 10.6 Å². The molecule has 1 aromatic carbocycles. The Morgan fingerprint density at radius 3 is 2.62 bits per heavy atom. The number of benzene rings is 1. The van der Waals surface area contributed by atoms with E-state index in [1.54, 1.807) is 0 Å². The number of aliphatic hydroxyl groups is 1. The third-order valence-corrected chi connectivity index (χ3v) is 4.02. The highest BCUT2D eigenvalue weighted by Gasteiger charge is 2.10. The van der Waals surface area contributed by atoms with Gasteiger partial charge < -0.3 is 15.7 Å². The van der Waals surface area contributed by atoms with Crippen molar-refractivity contribution in [3.8, 4) is 0 Å². The van der Waals surface area contributed by atoms with E-state index in [1.165, 1.54) is 0 Å². The zero-order chi connectivity index (χ0) is 17.1. The maximum absolute atomic E-state index is 9.16. The van der Waals surface area contributed by atoms with Gasteiger partial charge in [0.25, 0.3) is 0 Å². The van der Waals surface area contributed by atoms with E-state index in [-0.39, 0.29) is 36.6 Å². The van der Waals surface area contributed by atoms with Crippen molar-refractivity contribution in [1.29, 1.82) is 0 Å². The molecule has 0 bridgehead atoms. The Kier molecular flexibility index (Phi) is 13.4. The summed E-state index contributed by atoms with van der Waals surface area (Å²) in [5.41, 5.74) is 1.13. The normalized spacial score (nSPS) is 13.8. The summed E-state index contributed by atoms with van der Waals surface area (Å²) >= 11 is 6.06. The largest absolute Gasteiger partial charge is 0.396 e. The van der Waals surface area contributed by atoms with Crippen LogP contribution in [0.2, 0.25) is 5.02 Å². The molecular formula is C18H31ClIN3O. The van der Waals surface area contributed by atoms with Crippen LogP contribution in [0.3, 0.4) is 0 Å². The van der Waals surface area contributed by atoms with Crippen LogP contribution in [0.25, 0.3) is 0 Å². The molecule has 3 N–H and O–H groups in total. The van der Waals surface area contributed by atoms with Gasteiger partial charge in [-0.2, -0.15) is 0 Å². The molecule has 1 aromatic rings. The van der Waals surface area contributed by atoms with Crippen molar-refractivity contribution < 1.29 is 5.11 Å². The summed E-state index contributed by atoms with van der Waals surface area (Å²) in [6, 6.07) is 7.97. The lowest BCUT2D eigenvalue weighted by molar-refractivity contribution is 0.253. The minimum absolute atomic E-state index is 0. The molecule has 0 fully saturated rings. The zero-order valence-corrected chi connectivity index (χ0v) is 18.0. The first-order valence-electron chi connectivity index (χ1n) is 8.51. The highest BCUT2D eigenvalue weighted by Crippen LogP contribution is 2.17. The van der Waals surface area contributed by atoms with E-state index in [4.69, 9.17) is 16.7 Å². The molecule has 24 heavy (non-hydrogen) atoms. The Balaban J connectivity index is 0.00000529. The third-order valence-electron chi connectivity index (χ3n) is 3.79. The average molecular weight is 468 g/mol. The molecule has 0 spiro atoms. The standard InChI is InChI=1S/C18H30ClN3O.HI/c1-4-7-15(10-11-23)13-21-18(20-5-2)22-14(3)16-8-6-9-17(19)12-16;/h6,8-9,12,14-15,23H,4-5,7,10-11,13H2,1-3H3,(H2,20,21,22);1H. The van der Waals surface area contributed by atoms with Gasteiger partial charge in [-0.15, -0.1) is 24.0 Å². The lowest BCUT2D eigenvalue weighted by atomic mass is 10.0. The number of rotatable bonds is 9. The van der Waals surface area contributed by atoms with Crippen LogP contribution in [0.5, 0.6) is 0 Å². The van der Waals surface area contributed by atoms with Gasteiger partial charge in [0, 0.05) is 24.7 Å². The molecule has 0 aromatic heterocycles. The van der Waals surface area contributed by atoms with Gasteiger partial charge in [-0.1, -0.05) is 37.1 Å². The molecule has 0 saturated heterocycles. The zero-order valence-electron chi connectivity index (χ0n) is 14.9. The van der Waals surface area contributed by atoms with Crippen LogP contribution >= 0.6 is 35.6 Å². The number of aliphatic imine (C=N–C) groups is 1. The number of halogens is 2. The number of hydrogen-bond donors (Lipinski definition) is 3. The minimum Gasteiger partial charge on any atom is -0.396 e. The summed E-state index contributed by atoms with van der Waals surface area (Å²) < 4.78 is 0. The van der Waals surface area contributed by atoms with Crippen molar-refractivity contribution in [3.05, 3.63) is 34.9 Å². The van der Waals surface area contributed by atoms with E-state index in [2.05, 4.69) is 42.5 Å². The lowest BCUT2D eigenvalue weighted by Gasteiger charge is -2.19. The maximum Gasteiger partial charge on any atom is 0.191 e. The van der Waals surface area contributed by atoms with Crippen molar-refractivity contribution in [3.63, 3.8) is 0 Å². The molecule has 0 aliphatic rings. The van der Waals surface area contributed by atoms with E-state index in [0.29, 0.717) is 5.92 Å². The van der Waals surface area contributed by atoms with Gasteiger partial charge in [-0.25, -0.2) is 0 Å². The fraction of sp³-hybridized carbons (Fsp3) is 0.611. The van der Waals surface area contributed by atoms with Gasteiger partial charge >= 0.3 is 0 Å². The molecule has 4 nitrogen and oxygen atoms in total. The van der Waals surface area contributed by atoms with Gasteiger partial charge in [-0.05, 0) is 50.3 Å². The Morgan fingerprint density at radius 1 is 1.29 bits per heavy atom. The molecule has 6 heteroatoms. The second-order valence-electron chi connectivity index (χ2n) is 5.81. The highest BCUT2D eigenvalue weighted by atomic mass is 127. The van der Waals surface area contributed by atoms with Crippen LogP contribution in [0.1, 0.15) is 51.6 Å². The van der Waals surface area contributed by atoms with Crippen LogP contribution in [0.15, 0.2) is 29.3 Å². The van der Waals surface area contributed by atoms with E-state index in [0.717, 1.165) is 48.9 Å². The first-order valence-corrected chi connectivity index (χ1v) is 8.89. The second kappa shape index (κ2) is 13.7. The van der Waals surface area contributed by atoms with Crippen molar-refractivity contribution in [2.24, 2.45) is 10.9 Å². The van der Waals surface area contributed by atoms with Gasteiger partial charge in [0.2, 0.25) is 0 Å². The fourth-order valence-electron chi connectivity index (χ4n) is 2.52. The number of nitrogens with one attached hydrogen (secondary N) is 2. The van der Waals surface area contributed by atoms with Gasteiger partial charge in [0.1, 0.15) is 0 Å². The number of nitrogens with zero attached hydrogens (tertiary/aromatic N) is 1. The number of hydrogen-bond acceptors (Lipinski definition) is 2. The Labute approximate surface area is 168 Å². The summed E-state index contributed by atoms with van der Waals surface area (Å²) in [5, 5.41) is 16.6. The minimum atomic E-state index is 0. The average Bonchev–Trinajstić information content (AvgIpc) is 2.53. The second-order valence-corrected chi connectivity index (χ2v) is 6.24. The molecule has 0 radical (unpaired) electrons. The first-order chi connectivity index (χ1) is 11.1. The monoisotopic (exact) mass is 467 g/mol. The summed E-state index contributed by atoms with van der Waals surface area (Å²) in [7, 11) is 0. The van der Waals surface area contributed by atoms with Crippen LogP contribution in [-0.2, 0) is 0 Å². The summed E-state index contributed by atoms with van der Waals surface area (Å²) in [5.74, 6) is 1.24. The molecular weight excluding hydrogens is 437 g/mol. The first kappa shape index (κ1) is 23.5. The van der Waals surface area contributed by atoms with Crippen LogP contribution in [0, 0.1) is 5.92 Å². The molecule has 1 rings (SSSR count). The summed E-state index contributed by atoms with van der Waals surface area (Å²) in [6.07, 6.45) is 3.01.